The number of nitrogens with one attached hydrogen (secondary N) is 2. The van der Waals surface area contributed by atoms with Crippen molar-refractivity contribution >= 4 is 29.1 Å². The Hall–Kier alpha value is -3.90. The lowest BCUT2D eigenvalue weighted by Gasteiger charge is -2.09. The van der Waals surface area contributed by atoms with Gasteiger partial charge in [-0.3, -0.25) is 9.59 Å². The maximum absolute atomic E-state index is 13.2. The molecule has 0 unspecified atom stereocenters. The van der Waals surface area contributed by atoms with E-state index >= 15 is 0 Å². The van der Waals surface area contributed by atoms with Gasteiger partial charge >= 0.3 is 0 Å². The number of amides is 2. The van der Waals surface area contributed by atoms with Crippen molar-refractivity contribution in [2.24, 2.45) is 0 Å². The molecule has 1 aromatic heterocycles. The Balaban J connectivity index is 1.52. The summed E-state index contributed by atoms with van der Waals surface area (Å²) in [5.41, 5.74) is 4.69. The Bertz CT molecular complexity index is 1300. The van der Waals surface area contributed by atoms with E-state index in [2.05, 4.69) is 15.7 Å². The second-order valence-electron chi connectivity index (χ2n) is 7.18. The van der Waals surface area contributed by atoms with Gasteiger partial charge in [-0.05, 0) is 48.0 Å². The maximum atomic E-state index is 13.2. The van der Waals surface area contributed by atoms with Crippen molar-refractivity contribution in [1.29, 1.82) is 0 Å². The molecule has 3 aromatic carbocycles. The quantitative estimate of drug-likeness (QED) is 0.495. The second-order valence-corrected chi connectivity index (χ2v) is 7.61. The summed E-state index contributed by atoms with van der Waals surface area (Å²) in [6.45, 7) is 0.508. The number of aromatic nitrogens is 2. The van der Waals surface area contributed by atoms with Gasteiger partial charge in [-0.15, -0.1) is 0 Å². The third-order valence-electron chi connectivity index (χ3n) is 5.13. The summed E-state index contributed by atoms with van der Waals surface area (Å²) in [6.07, 6.45) is 0. The lowest BCUT2D eigenvalue weighted by atomic mass is 10.1. The van der Waals surface area contributed by atoms with Crippen LogP contribution in [-0.4, -0.2) is 21.6 Å². The Labute approximate surface area is 183 Å². The highest BCUT2D eigenvalue weighted by molar-refractivity contribution is 6.30. The molecule has 0 bridgehead atoms. The van der Waals surface area contributed by atoms with Crippen LogP contribution in [-0.2, 0) is 6.54 Å². The van der Waals surface area contributed by atoms with Crippen LogP contribution in [0, 0.1) is 0 Å². The average Bonchev–Trinajstić information content (AvgIpc) is 3.39. The van der Waals surface area contributed by atoms with Crippen LogP contribution in [0.15, 0.2) is 78.9 Å². The predicted octanol–water partition coefficient (Wildman–Crippen LogP) is 4.69. The first-order valence-electron chi connectivity index (χ1n) is 9.72. The topological polar surface area (TPSA) is 76.0 Å². The molecule has 2 N–H and O–H groups in total. The molecule has 7 heteroatoms. The third-order valence-corrected chi connectivity index (χ3v) is 5.39. The van der Waals surface area contributed by atoms with Crippen LogP contribution in [0.1, 0.15) is 26.4 Å². The molecule has 4 aromatic rings. The van der Waals surface area contributed by atoms with Gasteiger partial charge in [0, 0.05) is 28.4 Å². The number of hydrogen-bond acceptors (Lipinski definition) is 3. The van der Waals surface area contributed by atoms with Crippen molar-refractivity contribution < 1.29 is 9.59 Å². The molecular weight excluding hydrogens is 412 g/mol. The smallest absolute Gasteiger partial charge is 0.274 e. The Kier molecular flexibility index (Phi) is 4.76. The fourth-order valence-corrected chi connectivity index (χ4v) is 3.68. The number of fused-ring (bicyclic) bond motifs is 1. The number of hydrogen-bond donors (Lipinski definition) is 2. The van der Waals surface area contributed by atoms with Crippen LogP contribution in [0.2, 0.25) is 5.02 Å². The van der Waals surface area contributed by atoms with Crippen molar-refractivity contribution in [3.8, 4) is 16.9 Å². The fraction of sp³-hybridized carbons (Fsp3) is 0.0417. The van der Waals surface area contributed by atoms with E-state index in [1.165, 1.54) is 0 Å². The zero-order valence-electron chi connectivity index (χ0n) is 16.3. The third kappa shape index (κ3) is 3.69. The monoisotopic (exact) mass is 428 g/mol. The Morgan fingerprint density at radius 1 is 1.00 bits per heavy atom. The summed E-state index contributed by atoms with van der Waals surface area (Å²) in [7, 11) is 0. The van der Waals surface area contributed by atoms with Gasteiger partial charge < -0.3 is 10.6 Å². The van der Waals surface area contributed by atoms with Gasteiger partial charge in [0.05, 0.1) is 11.4 Å². The van der Waals surface area contributed by atoms with Crippen LogP contribution in [0.5, 0.6) is 0 Å². The average molecular weight is 429 g/mol. The van der Waals surface area contributed by atoms with Gasteiger partial charge in [0.1, 0.15) is 5.69 Å². The number of anilines is 1. The molecule has 1 aliphatic rings. The number of para-hydroxylation sites is 1. The van der Waals surface area contributed by atoms with Crippen LogP contribution >= 0.6 is 11.6 Å². The lowest BCUT2D eigenvalue weighted by molar-refractivity contribution is 0.0964. The van der Waals surface area contributed by atoms with E-state index in [0.717, 1.165) is 16.8 Å². The molecule has 0 spiro atoms. The first-order chi connectivity index (χ1) is 15.1. The van der Waals surface area contributed by atoms with E-state index in [4.69, 9.17) is 11.6 Å². The molecule has 6 nitrogen and oxygen atoms in total. The van der Waals surface area contributed by atoms with E-state index in [9.17, 15) is 9.59 Å². The standard InChI is InChI=1S/C24H17ClN4O2/c25-17-9-6-15(7-10-17)21-13-22(29(28-21)19-4-2-1-3-5-19)24(31)27-18-11-8-16-14-26-23(30)20(16)12-18/h1-13H,14H2,(H,26,30)(H,27,31). The van der Waals surface area contributed by atoms with Gasteiger partial charge in [0.15, 0.2) is 0 Å². The molecule has 0 saturated carbocycles. The highest BCUT2D eigenvalue weighted by atomic mass is 35.5. The number of carbonyl (C=O) groups excluding carboxylic acids is 2. The largest absolute Gasteiger partial charge is 0.348 e. The van der Waals surface area contributed by atoms with Gasteiger partial charge in [0.25, 0.3) is 11.8 Å². The number of benzene rings is 3. The molecule has 0 fully saturated rings. The first kappa shape index (κ1) is 19.1. The van der Waals surface area contributed by atoms with Crippen molar-refractivity contribution in [1.82, 2.24) is 15.1 Å². The van der Waals surface area contributed by atoms with Crippen LogP contribution < -0.4 is 10.6 Å². The van der Waals surface area contributed by atoms with Gasteiger partial charge in [-0.25, -0.2) is 4.68 Å². The van der Waals surface area contributed by atoms with E-state index in [1.54, 1.807) is 35.0 Å². The summed E-state index contributed by atoms with van der Waals surface area (Å²) < 4.78 is 1.61. The number of nitrogens with zero attached hydrogens (tertiary/aromatic N) is 2. The molecular formula is C24H17ClN4O2. The maximum Gasteiger partial charge on any atom is 0.274 e. The van der Waals surface area contributed by atoms with Crippen LogP contribution in [0.25, 0.3) is 16.9 Å². The zero-order chi connectivity index (χ0) is 21.4. The molecule has 0 aliphatic carbocycles. The van der Waals surface area contributed by atoms with Gasteiger partial charge in [0.2, 0.25) is 0 Å². The Morgan fingerprint density at radius 3 is 2.55 bits per heavy atom. The highest BCUT2D eigenvalue weighted by Gasteiger charge is 2.21. The van der Waals surface area contributed by atoms with Crippen LogP contribution in [0.4, 0.5) is 5.69 Å². The Morgan fingerprint density at radius 2 is 1.77 bits per heavy atom. The SMILES string of the molecule is O=C1NCc2ccc(NC(=O)c3cc(-c4ccc(Cl)cc4)nn3-c3ccccc3)cc21. The first-order valence-corrected chi connectivity index (χ1v) is 10.1. The minimum absolute atomic E-state index is 0.134. The summed E-state index contributed by atoms with van der Waals surface area (Å²) in [5, 5.41) is 11.0. The van der Waals surface area contributed by atoms with Crippen molar-refractivity contribution in [3.05, 3.63) is 101 Å². The second kappa shape index (κ2) is 7.74. The van der Waals surface area contributed by atoms with Crippen LogP contribution in [0.3, 0.4) is 0 Å². The minimum atomic E-state index is -0.324. The number of halogens is 1. The van der Waals surface area contributed by atoms with E-state index in [-0.39, 0.29) is 11.8 Å². The van der Waals surface area contributed by atoms with Gasteiger partial charge in [-0.2, -0.15) is 5.10 Å². The molecule has 0 saturated heterocycles. The summed E-state index contributed by atoms with van der Waals surface area (Å²) in [5.74, 6) is -0.458. The minimum Gasteiger partial charge on any atom is -0.348 e. The highest BCUT2D eigenvalue weighted by Crippen LogP contribution is 2.25. The molecule has 5 rings (SSSR count). The molecule has 0 atom stereocenters. The van der Waals surface area contributed by atoms with E-state index < -0.39 is 0 Å². The zero-order valence-corrected chi connectivity index (χ0v) is 17.1. The molecule has 2 amide bonds. The predicted molar refractivity (Wildman–Crippen MR) is 120 cm³/mol. The van der Waals surface area contributed by atoms with Gasteiger partial charge in [-0.1, -0.05) is 48.0 Å². The lowest BCUT2D eigenvalue weighted by Crippen LogP contribution is -2.17. The van der Waals surface area contributed by atoms with Crippen molar-refractivity contribution in [2.45, 2.75) is 6.54 Å². The molecule has 31 heavy (non-hydrogen) atoms. The van der Waals surface area contributed by atoms with E-state index in [1.807, 2.05) is 48.5 Å². The molecule has 2 heterocycles. The number of rotatable bonds is 4. The van der Waals surface area contributed by atoms with Crippen molar-refractivity contribution in [3.63, 3.8) is 0 Å². The summed E-state index contributed by atoms with van der Waals surface area (Å²) >= 11 is 6.00. The molecule has 1 aliphatic heterocycles. The summed E-state index contributed by atoms with van der Waals surface area (Å²) in [4.78, 5) is 25.1. The molecule has 0 radical (unpaired) electrons. The number of carbonyl (C=O) groups is 2. The fourth-order valence-electron chi connectivity index (χ4n) is 3.56. The normalized spacial score (nSPS) is 12.4. The summed E-state index contributed by atoms with van der Waals surface area (Å²) in [6, 6.07) is 23.8. The van der Waals surface area contributed by atoms with Crippen molar-refractivity contribution in [2.75, 3.05) is 5.32 Å². The molecule has 152 valence electrons. The van der Waals surface area contributed by atoms with E-state index in [0.29, 0.717) is 34.2 Å².